The summed E-state index contributed by atoms with van der Waals surface area (Å²) in [4.78, 5) is 40.1. The summed E-state index contributed by atoms with van der Waals surface area (Å²) in [6.45, 7) is 8.21. The van der Waals surface area contributed by atoms with Gasteiger partial charge in [-0.05, 0) is 108 Å². The highest BCUT2D eigenvalue weighted by Crippen LogP contribution is 2.62. The summed E-state index contributed by atoms with van der Waals surface area (Å²) >= 11 is 0. The second-order valence-electron chi connectivity index (χ2n) is 17.1. The molecule has 11 heteroatoms. The van der Waals surface area contributed by atoms with Crippen molar-refractivity contribution in [3.05, 3.63) is 124 Å². The van der Waals surface area contributed by atoms with Gasteiger partial charge in [-0.15, -0.1) is 0 Å². The molecule has 300 valence electrons. The Hall–Kier alpha value is -5.03. The molecule has 2 N–H and O–H groups in total. The van der Waals surface area contributed by atoms with E-state index in [2.05, 4.69) is 47.8 Å². The van der Waals surface area contributed by atoms with Crippen molar-refractivity contribution in [1.29, 1.82) is 0 Å². The van der Waals surface area contributed by atoms with E-state index < -0.39 is 20.9 Å². The molecule has 57 heavy (non-hydrogen) atoms. The summed E-state index contributed by atoms with van der Waals surface area (Å²) in [5, 5.41) is 15.0. The van der Waals surface area contributed by atoms with Crippen molar-refractivity contribution in [3.63, 3.8) is 0 Å². The van der Waals surface area contributed by atoms with Gasteiger partial charge in [0.05, 0.1) is 9.82 Å². The minimum absolute atomic E-state index is 0.131. The van der Waals surface area contributed by atoms with Gasteiger partial charge in [0.25, 0.3) is 21.6 Å². The van der Waals surface area contributed by atoms with E-state index in [0.29, 0.717) is 55.0 Å². The van der Waals surface area contributed by atoms with Gasteiger partial charge in [-0.1, -0.05) is 107 Å². The molecule has 4 aliphatic rings. The van der Waals surface area contributed by atoms with E-state index in [1.807, 2.05) is 42.5 Å². The standard InChI is InChI=1S/C46H54N4O6S/c1-31-40-26-38(46(40,2)3)27-42(31)49(44(51)25-16-32-10-6-4-7-11-32)30-34-14-17-35(18-15-34)36-19-21-37(22-20-36)45(52)48-57(55,56)39-23-24-41(43(28-39)50(53)54)47-29-33-12-8-5-9-13-33/h4,6-7,10-11,14-15,17-24,28,31,33,38,40,42,47H,5,8-9,12-13,16,25-27,29-30H2,1-3H3,(H,48,52)/t31-,38-,40-,42-/m0/s1. The van der Waals surface area contributed by atoms with Gasteiger partial charge in [-0.3, -0.25) is 19.7 Å². The number of rotatable bonds is 14. The second-order valence-corrected chi connectivity index (χ2v) is 18.7. The molecule has 0 radical (unpaired) electrons. The number of aryl methyl sites for hydroxylation is 1. The summed E-state index contributed by atoms with van der Waals surface area (Å²) in [6.07, 6.45) is 9.06. The molecule has 0 spiro atoms. The number of nitro groups is 1. The zero-order chi connectivity index (χ0) is 40.3. The van der Waals surface area contributed by atoms with Crippen LogP contribution in [0.1, 0.15) is 93.6 Å². The van der Waals surface area contributed by atoms with Crippen molar-refractivity contribution in [2.75, 3.05) is 11.9 Å². The number of hydrogen-bond acceptors (Lipinski definition) is 7. The molecule has 2 bridgehead atoms. The monoisotopic (exact) mass is 790 g/mol. The van der Waals surface area contributed by atoms with E-state index in [1.165, 1.54) is 25.0 Å². The number of anilines is 1. The van der Waals surface area contributed by atoms with Crippen LogP contribution in [0.2, 0.25) is 0 Å². The molecular formula is C46H54N4O6S. The van der Waals surface area contributed by atoms with E-state index in [1.54, 1.807) is 24.3 Å². The Morgan fingerprint density at radius 2 is 1.53 bits per heavy atom. The van der Waals surface area contributed by atoms with Gasteiger partial charge in [-0.2, -0.15) is 0 Å². The fourth-order valence-electron chi connectivity index (χ4n) is 9.64. The number of nitrogens with one attached hydrogen (secondary N) is 2. The van der Waals surface area contributed by atoms with E-state index in [9.17, 15) is 28.1 Å². The summed E-state index contributed by atoms with van der Waals surface area (Å²) < 4.78 is 28.5. The third kappa shape index (κ3) is 8.93. The second kappa shape index (κ2) is 16.8. The third-order valence-corrected chi connectivity index (χ3v) is 14.6. The highest BCUT2D eigenvalue weighted by atomic mass is 32.2. The number of amides is 2. The lowest BCUT2D eigenvalue weighted by atomic mass is 9.44. The largest absolute Gasteiger partial charge is 0.379 e. The van der Waals surface area contributed by atoms with Gasteiger partial charge in [0.2, 0.25) is 5.91 Å². The maximum absolute atomic E-state index is 13.9. The van der Waals surface area contributed by atoms with E-state index in [4.69, 9.17) is 0 Å². The molecule has 0 heterocycles. The SMILES string of the molecule is C[C@@H]1[C@@H](N(Cc2ccc(-c3ccc(C(=O)NS(=O)(=O)c4ccc(NCC5CCCCC5)c([N+](=O)[O-])c4)cc3)cc2)C(=O)CCc2ccccc2)C[C@@H]2C[C@@H]1C2(C)C. The van der Waals surface area contributed by atoms with Gasteiger partial charge >= 0.3 is 0 Å². The van der Waals surface area contributed by atoms with Crippen LogP contribution in [0.3, 0.4) is 0 Å². The lowest BCUT2D eigenvalue weighted by Crippen LogP contribution is -2.61. The number of fused-ring (bicyclic) bond motifs is 2. The molecule has 10 nitrogen and oxygen atoms in total. The van der Waals surface area contributed by atoms with Crippen molar-refractivity contribution in [1.82, 2.24) is 9.62 Å². The highest BCUT2D eigenvalue weighted by Gasteiger charge is 2.57. The van der Waals surface area contributed by atoms with Gasteiger partial charge in [0.1, 0.15) is 5.69 Å². The first-order valence-electron chi connectivity index (χ1n) is 20.4. The molecule has 4 aromatic rings. The van der Waals surface area contributed by atoms with Crippen molar-refractivity contribution in [2.24, 2.45) is 29.1 Å². The Kier molecular flexibility index (Phi) is 11.9. The van der Waals surface area contributed by atoms with Crippen LogP contribution in [-0.2, 0) is 27.8 Å². The Labute approximate surface area is 336 Å². The Morgan fingerprint density at radius 3 is 2.16 bits per heavy atom. The fraction of sp³-hybridized carbons (Fsp3) is 0.435. The number of nitro benzene ring substituents is 1. The minimum Gasteiger partial charge on any atom is -0.379 e. The molecule has 0 unspecified atom stereocenters. The molecule has 0 saturated heterocycles. The lowest BCUT2D eigenvalue weighted by molar-refractivity contribution is -0.384. The lowest BCUT2D eigenvalue weighted by Gasteiger charge is -2.63. The summed E-state index contributed by atoms with van der Waals surface area (Å²) in [5.41, 5.74) is 4.31. The first kappa shape index (κ1) is 40.2. The first-order valence-corrected chi connectivity index (χ1v) is 21.9. The molecule has 2 amide bonds. The van der Waals surface area contributed by atoms with Gasteiger partial charge in [0.15, 0.2) is 0 Å². The summed E-state index contributed by atoms with van der Waals surface area (Å²) in [6, 6.07) is 28.8. The third-order valence-electron chi connectivity index (χ3n) is 13.3. The molecule has 4 fully saturated rings. The maximum atomic E-state index is 13.9. The predicted octanol–water partition coefficient (Wildman–Crippen LogP) is 9.40. The van der Waals surface area contributed by atoms with E-state index >= 15 is 0 Å². The molecule has 4 aliphatic carbocycles. The maximum Gasteiger partial charge on any atom is 0.293 e. The van der Waals surface area contributed by atoms with Gasteiger partial charge in [0, 0.05) is 37.2 Å². The zero-order valence-electron chi connectivity index (χ0n) is 33.2. The molecule has 4 atom stereocenters. The summed E-state index contributed by atoms with van der Waals surface area (Å²) in [5.74, 6) is 1.44. The van der Waals surface area contributed by atoms with Crippen molar-refractivity contribution >= 4 is 33.2 Å². The number of sulfonamides is 1. The molecule has 0 aliphatic heterocycles. The number of benzene rings is 4. The Balaban J connectivity index is 0.998. The van der Waals surface area contributed by atoms with Crippen LogP contribution < -0.4 is 10.0 Å². The first-order chi connectivity index (χ1) is 27.3. The Morgan fingerprint density at radius 1 is 0.860 bits per heavy atom. The number of carbonyl (C=O) groups is 2. The highest BCUT2D eigenvalue weighted by molar-refractivity contribution is 7.90. The number of hydrogen-bond donors (Lipinski definition) is 2. The predicted molar refractivity (Wildman–Crippen MR) is 223 cm³/mol. The van der Waals surface area contributed by atoms with Crippen molar-refractivity contribution < 1.29 is 22.9 Å². The normalized spacial score (nSPS) is 21.5. The van der Waals surface area contributed by atoms with Crippen LogP contribution in [0.25, 0.3) is 11.1 Å². The smallest absolute Gasteiger partial charge is 0.293 e. The van der Waals surface area contributed by atoms with Crippen LogP contribution in [0.5, 0.6) is 0 Å². The average Bonchev–Trinajstić information content (AvgIpc) is 3.22. The van der Waals surface area contributed by atoms with Crippen LogP contribution in [0, 0.1) is 39.2 Å². The molecule has 0 aromatic heterocycles. The molecule has 4 aromatic carbocycles. The summed E-state index contributed by atoms with van der Waals surface area (Å²) in [7, 11) is -4.40. The average molecular weight is 791 g/mol. The molecule has 8 rings (SSSR count). The van der Waals surface area contributed by atoms with Crippen molar-refractivity contribution in [3.8, 4) is 11.1 Å². The van der Waals surface area contributed by atoms with Gasteiger partial charge < -0.3 is 10.2 Å². The quantitative estimate of drug-likeness (QED) is 0.0959. The fourth-order valence-corrected chi connectivity index (χ4v) is 10.6. The molecule has 4 saturated carbocycles. The van der Waals surface area contributed by atoms with Crippen LogP contribution in [-0.4, -0.2) is 42.6 Å². The van der Waals surface area contributed by atoms with Crippen LogP contribution >= 0.6 is 0 Å². The minimum atomic E-state index is -4.40. The van der Waals surface area contributed by atoms with Crippen LogP contribution in [0.15, 0.2) is 102 Å². The van der Waals surface area contributed by atoms with Crippen molar-refractivity contribution in [2.45, 2.75) is 96.0 Å². The van der Waals surface area contributed by atoms with E-state index in [0.717, 1.165) is 60.4 Å². The zero-order valence-corrected chi connectivity index (χ0v) is 34.0. The molecular weight excluding hydrogens is 737 g/mol. The number of nitrogens with zero attached hydrogens (tertiary/aromatic N) is 2. The van der Waals surface area contributed by atoms with Crippen LogP contribution in [0.4, 0.5) is 11.4 Å². The number of carbonyl (C=O) groups excluding carboxylic acids is 2. The van der Waals surface area contributed by atoms with E-state index in [-0.39, 0.29) is 33.8 Å². The Bertz CT molecular complexity index is 2180. The topological polar surface area (TPSA) is 139 Å². The van der Waals surface area contributed by atoms with Gasteiger partial charge in [-0.25, -0.2) is 13.1 Å².